The summed E-state index contributed by atoms with van der Waals surface area (Å²) in [5.74, 6) is 0.800. The molecule has 0 spiro atoms. The van der Waals surface area contributed by atoms with Crippen molar-refractivity contribution in [2.45, 2.75) is 18.9 Å². The van der Waals surface area contributed by atoms with E-state index in [2.05, 4.69) is 21.8 Å². The van der Waals surface area contributed by atoms with Gasteiger partial charge in [0, 0.05) is 6.54 Å². The highest BCUT2D eigenvalue weighted by Gasteiger charge is 2.16. The van der Waals surface area contributed by atoms with Crippen molar-refractivity contribution in [3.63, 3.8) is 0 Å². The number of piperidine rings is 1. The fourth-order valence-electron chi connectivity index (χ4n) is 2.03. The van der Waals surface area contributed by atoms with Crippen molar-refractivity contribution in [3.8, 4) is 5.88 Å². The van der Waals surface area contributed by atoms with Crippen LogP contribution in [0.1, 0.15) is 12.8 Å². The minimum Gasteiger partial charge on any atom is -0.472 e. The van der Waals surface area contributed by atoms with Crippen molar-refractivity contribution < 1.29 is 4.74 Å². The van der Waals surface area contributed by atoms with Crippen LogP contribution in [-0.2, 0) is 0 Å². The molecule has 0 radical (unpaired) electrons. The standard InChI is InChI=1S/C12H14N2OS/c1-2-6-11-10(5-1)12(14-16-11)15-9-4-3-7-13-8-9/h1-2,5-6,9,13H,3-4,7-8H2. The molecule has 1 aromatic heterocycles. The van der Waals surface area contributed by atoms with Crippen LogP contribution in [0.3, 0.4) is 0 Å². The van der Waals surface area contributed by atoms with Crippen molar-refractivity contribution >= 4 is 21.6 Å². The highest BCUT2D eigenvalue weighted by molar-refractivity contribution is 7.13. The zero-order valence-corrected chi connectivity index (χ0v) is 9.80. The molecule has 16 heavy (non-hydrogen) atoms. The lowest BCUT2D eigenvalue weighted by Crippen LogP contribution is -2.37. The maximum atomic E-state index is 5.95. The van der Waals surface area contributed by atoms with Crippen LogP contribution >= 0.6 is 11.5 Å². The molecule has 1 atom stereocenters. The van der Waals surface area contributed by atoms with E-state index in [1.165, 1.54) is 22.7 Å². The Morgan fingerprint density at radius 2 is 2.31 bits per heavy atom. The third-order valence-electron chi connectivity index (χ3n) is 2.87. The van der Waals surface area contributed by atoms with Gasteiger partial charge in [-0.1, -0.05) is 12.1 Å². The second kappa shape index (κ2) is 4.39. The summed E-state index contributed by atoms with van der Waals surface area (Å²) in [6, 6.07) is 8.22. The predicted molar refractivity (Wildman–Crippen MR) is 66.1 cm³/mol. The lowest BCUT2D eigenvalue weighted by atomic mass is 10.1. The normalized spacial score (nSPS) is 21.1. The van der Waals surface area contributed by atoms with Gasteiger partial charge in [-0.2, -0.15) is 4.37 Å². The number of ether oxygens (including phenoxy) is 1. The van der Waals surface area contributed by atoms with Crippen molar-refractivity contribution in [1.29, 1.82) is 0 Å². The summed E-state index contributed by atoms with van der Waals surface area (Å²) in [4.78, 5) is 0. The number of nitrogens with zero attached hydrogens (tertiary/aromatic N) is 1. The molecule has 1 aromatic carbocycles. The van der Waals surface area contributed by atoms with E-state index in [1.807, 2.05) is 12.1 Å². The van der Waals surface area contributed by atoms with Gasteiger partial charge in [-0.15, -0.1) is 0 Å². The highest BCUT2D eigenvalue weighted by Crippen LogP contribution is 2.29. The maximum Gasteiger partial charge on any atom is 0.233 e. The molecule has 2 heterocycles. The maximum absolute atomic E-state index is 5.95. The largest absolute Gasteiger partial charge is 0.472 e. The minimum atomic E-state index is 0.277. The smallest absolute Gasteiger partial charge is 0.233 e. The van der Waals surface area contributed by atoms with Gasteiger partial charge in [-0.05, 0) is 43.1 Å². The van der Waals surface area contributed by atoms with E-state index in [0.29, 0.717) is 0 Å². The second-order valence-corrected chi connectivity index (χ2v) is 4.88. The second-order valence-electron chi connectivity index (χ2n) is 4.07. The van der Waals surface area contributed by atoms with Crippen molar-refractivity contribution in [2.24, 2.45) is 0 Å². The first-order chi connectivity index (χ1) is 7.93. The summed E-state index contributed by atoms with van der Waals surface area (Å²) in [6.45, 7) is 2.05. The Bertz CT molecular complexity index is 477. The Labute approximate surface area is 98.6 Å². The van der Waals surface area contributed by atoms with Gasteiger partial charge in [0.1, 0.15) is 6.10 Å². The van der Waals surface area contributed by atoms with Crippen molar-refractivity contribution in [3.05, 3.63) is 24.3 Å². The van der Waals surface area contributed by atoms with Crippen LogP contribution in [0.15, 0.2) is 24.3 Å². The molecule has 0 saturated carbocycles. The fraction of sp³-hybridized carbons (Fsp3) is 0.417. The first kappa shape index (κ1) is 10.1. The van der Waals surface area contributed by atoms with E-state index in [-0.39, 0.29) is 6.10 Å². The average molecular weight is 234 g/mol. The Morgan fingerprint density at radius 1 is 1.38 bits per heavy atom. The molecule has 84 valence electrons. The SMILES string of the molecule is c1ccc2c(OC3CCCNC3)nsc2c1. The van der Waals surface area contributed by atoms with Gasteiger partial charge < -0.3 is 10.1 Å². The molecule has 4 heteroatoms. The quantitative estimate of drug-likeness (QED) is 0.866. The number of fused-ring (bicyclic) bond motifs is 1. The molecule has 1 unspecified atom stereocenters. The van der Waals surface area contributed by atoms with Gasteiger partial charge in [0.15, 0.2) is 0 Å². The minimum absolute atomic E-state index is 0.277. The van der Waals surface area contributed by atoms with E-state index in [1.54, 1.807) is 0 Å². The van der Waals surface area contributed by atoms with Gasteiger partial charge in [-0.25, -0.2) is 0 Å². The molecule has 3 nitrogen and oxygen atoms in total. The highest BCUT2D eigenvalue weighted by atomic mass is 32.1. The fourth-order valence-corrected chi connectivity index (χ4v) is 2.74. The van der Waals surface area contributed by atoms with Crippen LogP contribution in [0, 0.1) is 0 Å². The van der Waals surface area contributed by atoms with Crippen LogP contribution in [0.25, 0.3) is 10.1 Å². The van der Waals surface area contributed by atoms with Crippen LogP contribution in [0.2, 0.25) is 0 Å². The third-order valence-corrected chi connectivity index (χ3v) is 3.68. The topological polar surface area (TPSA) is 34.1 Å². The number of aromatic nitrogens is 1. The van der Waals surface area contributed by atoms with Gasteiger partial charge in [-0.3, -0.25) is 0 Å². The summed E-state index contributed by atoms with van der Waals surface area (Å²) in [5, 5.41) is 4.48. The lowest BCUT2D eigenvalue weighted by Gasteiger charge is -2.22. The van der Waals surface area contributed by atoms with Crippen molar-refractivity contribution in [2.75, 3.05) is 13.1 Å². The van der Waals surface area contributed by atoms with E-state index in [0.717, 1.165) is 30.8 Å². The molecule has 1 aliphatic heterocycles. The van der Waals surface area contributed by atoms with Gasteiger partial charge in [0.2, 0.25) is 5.88 Å². The zero-order valence-electron chi connectivity index (χ0n) is 8.98. The Hall–Kier alpha value is -1.13. The number of hydrogen-bond donors (Lipinski definition) is 1. The number of rotatable bonds is 2. The van der Waals surface area contributed by atoms with Gasteiger partial charge in [0.05, 0.1) is 10.1 Å². The Morgan fingerprint density at radius 3 is 3.19 bits per heavy atom. The van der Waals surface area contributed by atoms with E-state index >= 15 is 0 Å². The summed E-state index contributed by atoms with van der Waals surface area (Å²) in [7, 11) is 0. The van der Waals surface area contributed by atoms with Crippen LogP contribution in [0.5, 0.6) is 5.88 Å². The van der Waals surface area contributed by atoms with Crippen LogP contribution in [0.4, 0.5) is 0 Å². The number of hydrogen-bond acceptors (Lipinski definition) is 4. The molecule has 0 aliphatic carbocycles. The predicted octanol–water partition coefficient (Wildman–Crippen LogP) is 2.43. The third kappa shape index (κ3) is 1.90. The van der Waals surface area contributed by atoms with Crippen LogP contribution < -0.4 is 10.1 Å². The van der Waals surface area contributed by atoms with E-state index in [4.69, 9.17) is 4.74 Å². The molecule has 1 fully saturated rings. The summed E-state index contributed by atoms with van der Waals surface area (Å²) in [5.41, 5.74) is 0. The number of benzene rings is 1. The lowest BCUT2D eigenvalue weighted by molar-refractivity contribution is 0.164. The van der Waals surface area contributed by atoms with E-state index in [9.17, 15) is 0 Å². The molecule has 1 saturated heterocycles. The number of nitrogens with one attached hydrogen (secondary N) is 1. The zero-order chi connectivity index (χ0) is 10.8. The molecule has 0 amide bonds. The van der Waals surface area contributed by atoms with Crippen molar-refractivity contribution in [1.82, 2.24) is 9.69 Å². The first-order valence-electron chi connectivity index (χ1n) is 5.65. The molecule has 1 N–H and O–H groups in total. The summed E-state index contributed by atoms with van der Waals surface area (Å²) >= 11 is 1.51. The van der Waals surface area contributed by atoms with Crippen LogP contribution in [-0.4, -0.2) is 23.6 Å². The van der Waals surface area contributed by atoms with Gasteiger partial charge in [0.25, 0.3) is 0 Å². The summed E-state index contributed by atoms with van der Waals surface area (Å²) < 4.78 is 11.5. The molecule has 3 rings (SSSR count). The molecule has 2 aromatic rings. The van der Waals surface area contributed by atoms with E-state index < -0.39 is 0 Å². The Balaban J connectivity index is 1.83. The monoisotopic (exact) mass is 234 g/mol. The average Bonchev–Trinajstić information content (AvgIpc) is 2.74. The Kier molecular flexibility index (Phi) is 2.76. The summed E-state index contributed by atoms with van der Waals surface area (Å²) in [6.07, 6.45) is 2.59. The molecule has 1 aliphatic rings. The van der Waals surface area contributed by atoms with Gasteiger partial charge >= 0.3 is 0 Å². The molecule has 0 bridgehead atoms. The molecular weight excluding hydrogens is 220 g/mol. The first-order valence-corrected chi connectivity index (χ1v) is 6.42. The molecular formula is C12H14N2OS.